The van der Waals surface area contributed by atoms with Crippen LogP contribution in [0.1, 0.15) is 42.4 Å². The minimum Gasteiger partial charge on any atom is -0.454 e. The number of fused-ring (bicyclic) bond motifs is 1. The van der Waals surface area contributed by atoms with Crippen molar-refractivity contribution >= 4 is 5.91 Å². The van der Waals surface area contributed by atoms with E-state index < -0.39 is 0 Å². The number of ether oxygens (including phenoxy) is 2. The van der Waals surface area contributed by atoms with Crippen molar-refractivity contribution < 1.29 is 14.3 Å². The van der Waals surface area contributed by atoms with Crippen LogP contribution in [0, 0.1) is 0 Å². The molecule has 0 spiro atoms. The Morgan fingerprint density at radius 2 is 1.65 bits per heavy atom. The molecule has 0 saturated heterocycles. The van der Waals surface area contributed by atoms with Gasteiger partial charge < -0.3 is 19.4 Å². The van der Waals surface area contributed by atoms with Gasteiger partial charge in [-0.2, -0.15) is 0 Å². The molecular formula is C28H27N3O3. The first-order valence-electron chi connectivity index (χ1n) is 11.6. The summed E-state index contributed by atoms with van der Waals surface area (Å²) in [6.07, 6.45) is 0.779. The van der Waals surface area contributed by atoms with E-state index in [1.54, 1.807) is 0 Å². The zero-order valence-electron chi connectivity index (χ0n) is 19.3. The zero-order valence-corrected chi connectivity index (χ0v) is 19.3. The number of hydrogen-bond acceptors (Lipinski definition) is 4. The van der Waals surface area contributed by atoms with Crippen LogP contribution in [0.15, 0.2) is 78.9 Å². The van der Waals surface area contributed by atoms with E-state index >= 15 is 0 Å². The summed E-state index contributed by atoms with van der Waals surface area (Å²) in [5, 5.41) is 3.25. The van der Waals surface area contributed by atoms with Gasteiger partial charge in [0, 0.05) is 17.7 Å². The molecule has 5 rings (SSSR count). The summed E-state index contributed by atoms with van der Waals surface area (Å²) >= 11 is 0. The molecule has 4 aromatic rings. The van der Waals surface area contributed by atoms with E-state index in [-0.39, 0.29) is 18.7 Å². The summed E-state index contributed by atoms with van der Waals surface area (Å²) in [7, 11) is 0. The highest BCUT2D eigenvalue weighted by atomic mass is 16.7. The molecule has 2 heterocycles. The topological polar surface area (TPSA) is 65.4 Å². The molecule has 172 valence electrons. The van der Waals surface area contributed by atoms with E-state index in [0.717, 1.165) is 28.9 Å². The number of nitrogens with one attached hydrogen (secondary N) is 1. The lowest BCUT2D eigenvalue weighted by Gasteiger charge is -2.19. The summed E-state index contributed by atoms with van der Waals surface area (Å²) in [6, 6.07) is 25.6. The van der Waals surface area contributed by atoms with Crippen LogP contribution >= 0.6 is 0 Å². The summed E-state index contributed by atoms with van der Waals surface area (Å²) in [5.74, 6) is 1.96. The molecule has 1 amide bonds. The number of benzene rings is 3. The maximum atomic E-state index is 13.8. The second-order valence-electron chi connectivity index (χ2n) is 8.16. The average molecular weight is 454 g/mol. The van der Waals surface area contributed by atoms with Crippen molar-refractivity contribution in [2.75, 3.05) is 6.79 Å². The number of amides is 1. The normalized spacial score (nSPS) is 13.0. The highest BCUT2D eigenvalue weighted by molar-refractivity contribution is 6.00. The van der Waals surface area contributed by atoms with E-state index in [2.05, 4.69) is 12.2 Å². The van der Waals surface area contributed by atoms with Gasteiger partial charge in [0.2, 0.25) is 6.79 Å². The minimum atomic E-state index is -0.153. The van der Waals surface area contributed by atoms with Crippen LogP contribution < -0.4 is 14.8 Å². The second-order valence-corrected chi connectivity index (χ2v) is 8.16. The average Bonchev–Trinajstić information content (AvgIpc) is 3.52. The predicted molar refractivity (Wildman–Crippen MR) is 132 cm³/mol. The van der Waals surface area contributed by atoms with Gasteiger partial charge >= 0.3 is 0 Å². The molecular weight excluding hydrogens is 426 g/mol. The van der Waals surface area contributed by atoms with Gasteiger partial charge in [-0.25, -0.2) is 4.98 Å². The molecule has 3 aromatic carbocycles. The van der Waals surface area contributed by atoms with Gasteiger partial charge in [-0.1, -0.05) is 67.6 Å². The smallest absolute Gasteiger partial charge is 0.270 e. The van der Waals surface area contributed by atoms with Gasteiger partial charge in [0.25, 0.3) is 5.91 Å². The molecule has 34 heavy (non-hydrogen) atoms. The molecule has 6 nitrogen and oxygen atoms in total. The van der Waals surface area contributed by atoms with Crippen LogP contribution in [0.5, 0.6) is 11.5 Å². The molecule has 0 unspecified atom stereocenters. The summed E-state index contributed by atoms with van der Waals surface area (Å²) in [4.78, 5) is 18.8. The SMILES string of the molecule is CC[C@H](NC(=O)c1c(-c2ccc3c(c2)OCO3)nc(-c2ccccc2)n1CC)c1ccccc1. The van der Waals surface area contributed by atoms with Crippen LogP contribution in [0.2, 0.25) is 0 Å². The monoisotopic (exact) mass is 453 g/mol. The Morgan fingerprint density at radius 3 is 2.35 bits per heavy atom. The lowest BCUT2D eigenvalue weighted by molar-refractivity contribution is 0.0927. The molecule has 6 heteroatoms. The van der Waals surface area contributed by atoms with Crippen LogP contribution in [0.3, 0.4) is 0 Å². The van der Waals surface area contributed by atoms with E-state index in [1.165, 1.54) is 0 Å². The predicted octanol–water partition coefficient (Wildman–Crippen LogP) is 5.85. The maximum absolute atomic E-state index is 13.8. The number of carbonyl (C=O) groups excluding carboxylic acids is 1. The fourth-order valence-electron chi connectivity index (χ4n) is 4.38. The summed E-state index contributed by atoms with van der Waals surface area (Å²) in [6.45, 7) is 4.90. The van der Waals surface area contributed by atoms with Gasteiger partial charge in [0.1, 0.15) is 17.2 Å². The molecule has 0 saturated carbocycles. The van der Waals surface area contributed by atoms with Crippen molar-refractivity contribution in [3.05, 3.63) is 90.1 Å². The third kappa shape index (κ3) is 4.03. The Kier molecular flexibility index (Phi) is 6.04. The van der Waals surface area contributed by atoms with Crippen molar-refractivity contribution in [1.82, 2.24) is 14.9 Å². The molecule has 1 N–H and O–H groups in total. The van der Waals surface area contributed by atoms with Crippen LogP contribution in [-0.4, -0.2) is 22.3 Å². The summed E-state index contributed by atoms with van der Waals surface area (Å²) < 4.78 is 13.1. The first-order valence-corrected chi connectivity index (χ1v) is 11.6. The molecule has 0 bridgehead atoms. The van der Waals surface area contributed by atoms with E-state index in [9.17, 15) is 4.79 Å². The Labute approximate surface area is 199 Å². The number of imidazole rings is 1. The minimum absolute atomic E-state index is 0.0984. The number of hydrogen-bond donors (Lipinski definition) is 1. The molecule has 0 radical (unpaired) electrons. The van der Waals surface area contributed by atoms with Crippen LogP contribution in [0.4, 0.5) is 0 Å². The van der Waals surface area contributed by atoms with Crippen LogP contribution in [-0.2, 0) is 6.54 Å². The fourth-order valence-corrected chi connectivity index (χ4v) is 4.38. The number of rotatable bonds is 7. The van der Waals surface area contributed by atoms with Gasteiger partial charge in [-0.15, -0.1) is 0 Å². The summed E-state index contributed by atoms with van der Waals surface area (Å²) in [5.41, 5.74) is 4.01. The van der Waals surface area contributed by atoms with Crippen molar-refractivity contribution in [3.8, 4) is 34.1 Å². The first kappa shape index (κ1) is 21.8. The lowest BCUT2D eigenvalue weighted by atomic mass is 10.0. The molecule has 1 aliphatic heterocycles. The molecule has 1 atom stereocenters. The van der Waals surface area contributed by atoms with Crippen molar-refractivity contribution in [2.45, 2.75) is 32.9 Å². The Hall–Kier alpha value is -4.06. The lowest BCUT2D eigenvalue weighted by Crippen LogP contribution is -2.30. The molecule has 1 aliphatic rings. The van der Waals surface area contributed by atoms with Crippen LogP contribution in [0.25, 0.3) is 22.6 Å². The Bertz CT molecular complexity index is 1300. The third-order valence-corrected chi connectivity index (χ3v) is 6.09. The van der Waals surface area contributed by atoms with E-state index in [4.69, 9.17) is 14.5 Å². The molecule has 0 aliphatic carbocycles. The highest BCUT2D eigenvalue weighted by Crippen LogP contribution is 2.38. The first-order chi connectivity index (χ1) is 16.7. The van der Waals surface area contributed by atoms with Gasteiger partial charge in [-0.3, -0.25) is 4.79 Å². The highest BCUT2D eigenvalue weighted by Gasteiger charge is 2.27. The van der Waals surface area contributed by atoms with Gasteiger partial charge in [-0.05, 0) is 37.1 Å². The Balaban J connectivity index is 1.62. The second kappa shape index (κ2) is 9.43. The largest absolute Gasteiger partial charge is 0.454 e. The number of nitrogens with zero attached hydrogens (tertiary/aromatic N) is 2. The van der Waals surface area contributed by atoms with Crippen molar-refractivity contribution in [3.63, 3.8) is 0 Å². The molecule has 1 aromatic heterocycles. The number of carbonyl (C=O) groups is 1. The van der Waals surface area contributed by atoms with E-state index in [1.807, 2.05) is 90.4 Å². The third-order valence-electron chi connectivity index (χ3n) is 6.09. The standard InChI is InChI=1S/C28H27N3O3/c1-3-22(19-11-7-5-8-12-19)29-28(32)26-25(21-15-16-23-24(17-21)34-18-33-23)30-27(31(26)4-2)20-13-9-6-10-14-20/h5-17,22H,3-4,18H2,1-2H3,(H,29,32)/t22-/m0/s1. The maximum Gasteiger partial charge on any atom is 0.270 e. The molecule has 0 fully saturated rings. The van der Waals surface area contributed by atoms with Gasteiger partial charge in [0.05, 0.1) is 6.04 Å². The Morgan fingerprint density at radius 1 is 0.941 bits per heavy atom. The van der Waals surface area contributed by atoms with Crippen molar-refractivity contribution in [2.24, 2.45) is 0 Å². The zero-order chi connectivity index (χ0) is 23.5. The number of aromatic nitrogens is 2. The van der Waals surface area contributed by atoms with Gasteiger partial charge in [0.15, 0.2) is 11.5 Å². The fraction of sp³-hybridized carbons (Fsp3) is 0.214. The quantitative estimate of drug-likeness (QED) is 0.381. The van der Waals surface area contributed by atoms with Crippen molar-refractivity contribution in [1.29, 1.82) is 0 Å². The van der Waals surface area contributed by atoms with E-state index in [0.29, 0.717) is 29.4 Å².